The number of aromatic amines is 1. The number of ether oxygens (including phenoxy) is 1. The highest BCUT2D eigenvalue weighted by molar-refractivity contribution is 6.01. The highest BCUT2D eigenvalue weighted by Gasteiger charge is 2.28. The average Bonchev–Trinajstić information content (AvgIpc) is 3.28. The van der Waals surface area contributed by atoms with Gasteiger partial charge in [0.25, 0.3) is 0 Å². The summed E-state index contributed by atoms with van der Waals surface area (Å²) >= 11 is 0. The summed E-state index contributed by atoms with van der Waals surface area (Å²) < 4.78 is 5.83. The van der Waals surface area contributed by atoms with Crippen molar-refractivity contribution in [1.29, 1.82) is 5.26 Å². The zero-order valence-electron chi connectivity index (χ0n) is 17.2. The number of H-pyrrole nitrogens is 1. The first-order valence-electron chi connectivity index (χ1n) is 10.3. The van der Waals surface area contributed by atoms with E-state index in [2.05, 4.69) is 21.7 Å². The quantitative estimate of drug-likeness (QED) is 0.426. The first kappa shape index (κ1) is 19.5. The molecule has 0 saturated heterocycles. The number of nitrogens with zero attached hydrogens (tertiary/aromatic N) is 2. The second-order valence-corrected chi connectivity index (χ2v) is 7.61. The van der Waals surface area contributed by atoms with Gasteiger partial charge in [-0.1, -0.05) is 36.4 Å². The predicted molar refractivity (Wildman–Crippen MR) is 125 cm³/mol. The van der Waals surface area contributed by atoms with E-state index in [9.17, 15) is 10.1 Å². The minimum Gasteiger partial charge on any atom is -0.488 e. The predicted octanol–water partition coefficient (Wildman–Crippen LogP) is 5.10. The third kappa shape index (κ3) is 3.94. The van der Waals surface area contributed by atoms with Gasteiger partial charge < -0.3 is 25.3 Å². The molecule has 1 atom stereocenters. The minimum absolute atomic E-state index is 0.266. The van der Waals surface area contributed by atoms with Crippen LogP contribution in [-0.2, 0) is 6.54 Å². The molecule has 0 spiro atoms. The Morgan fingerprint density at radius 3 is 2.66 bits per heavy atom. The topological polar surface area (TPSA) is 93.2 Å². The summed E-state index contributed by atoms with van der Waals surface area (Å²) in [6, 6.07) is 24.7. The molecule has 1 aliphatic rings. The van der Waals surface area contributed by atoms with Gasteiger partial charge in [0.15, 0.2) is 6.04 Å². The van der Waals surface area contributed by atoms with Crippen LogP contribution in [-0.4, -0.2) is 23.7 Å². The highest BCUT2D eigenvalue weighted by atomic mass is 16.5. The molecule has 0 fully saturated rings. The number of hydrogen-bond donors (Lipinski definition) is 3. The fourth-order valence-corrected chi connectivity index (χ4v) is 3.87. The van der Waals surface area contributed by atoms with Crippen LogP contribution < -0.4 is 20.3 Å². The second-order valence-electron chi connectivity index (χ2n) is 7.61. The number of urea groups is 1. The fourth-order valence-electron chi connectivity index (χ4n) is 3.87. The third-order valence-corrected chi connectivity index (χ3v) is 5.46. The highest BCUT2D eigenvalue weighted by Crippen LogP contribution is 2.37. The fraction of sp³-hybridized carbons (Fsp3) is 0.120. The van der Waals surface area contributed by atoms with Crippen LogP contribution in [0.15, 0.2) is 79.0 Å². The summed E-state index contributed by atoms with van der Waals surface area (Å²) in [5.74, 6) is 0.637. The number of hydrogen-bond acceptors (Lipinski definition) is 4. The van der Waals surface area contributed by atoms with Gasteiger partial charge in [-0.15, -0.1) is 0 Å². The van der Waals surface area contributed by atoms with Crippen molar-refractivity contribution in [1.82, 2.24) is 4.98 Å². The van der Waals surface area contributed by atoms with Gasteiger partial charge in [-0.2, -0.15) is 5.26 Å². The van der Waals surface area contributed by atoms with Gasteiger partial charge in [0.1, 0.15) is 12.4 Å². The van der Waals surface area contributed by atoms with Crippen molar-refractivity contribution < 1.29 is 9.53 Å². The van der Waals surface area contributed by atoms with Gasteiger partial charge in [0, 0.05) is 35.7 Å². The molecule has 3 N–H and O–H groups in total. The number of aromatic nitrogens is 1. The lowest BCUT2D eigenvalue weighted by molar-refractivity contribution is 0.262. The maximum atomic E-state index is 12.5. The van der Waals surface area contributed by atoms with Crippen LogP contribution in [0.1, 0.15) is 5.56 Å². The Morgan fingerprint density at radius 1 is 1.06 bits per heavy atom. The van der Waals surface area contributed by atoms with E-state index in [4.69, 9.17) is 4.74 Å². The lowest BCUT2D eigenvalue weighted by Crippen LogP contribution is -2.41. The molecular weight excluding hydrogens is 402 g/mol. The number of carbonyl (C=O) groups is 1. The van der Waals surface area contributed by atoms with Crippen LogP contribution in [0.4, 0.5) is 21.9 Å². The molecule has 2 heterocycles. The molecule has 4 aromatic rings. The van der Waals surface area contributed by atoms with Crippen LogP contribution in [0.3, 0.4) is 0 Å². The molecule has 1 aromatic heterocycles. The molecule has 1 unspecified atom stereocenters. The molecule has 7 nitrogen and oxygen atoms in total. The number of anilines is 3. The number of nitrogens with one attached hydrogen (secondary N) is 3. The molecule has 0 aliphatic carbocycles. The first-order valence-corrected chi connectivity index (χ1v) is 10.3. The van der Waals surface area contributed by atoms with E-state index in [1.807, 2.05) is 77.8 Å². The first-order chi connectivity index (χ1) is 15.7. The Kier molecular flexibility index (Phi) is 5.10. The molecule has 2 amide bonds. The van der Waals surface area contributed by atoms with Crippen LogP contribution in [0.2, 0.25) is 0 Å². The number of carbonyl (C=O) groups excluding carboxylic acids is 1. The van der Waals surface area contributed by atoms with Crippen LogP contribution in [0, 0.1) is 11.3 Å². The van der Waals surface area contributed by atoms with Crippen molar-refractivity contribution in [2.75, 3.05) is 22.1 Å². The summed E-state index contributed by atoms with van der Waals surface area (Å²) in [5, 5.41) is 16.4. The van der Waals surface area contributed by atoms with E-state index >= 15 is 0 Å². The third-order valence-electron chi connectivity index (χ3n) is 5.46. The standard InChI is InChI=1S/C25H21N5O2/c26-14-21-16-32-24-13-20(8-9-23(24)30(21)15-17-4-2-1-3-5-17)29-25(31)28-19-7-6-18-10-11-27-22(18)12-19/h1-13,21,27H,15-16H2,(H2,28,29,31). The van der Waals surface area contributed by atoms with E-state index in [-0.39, 0.29) is 18.7 Å². The molecule has 7 heteroatoms. The Bertz CT molecular complexity index is 1310. The molecule has 5 rings (SSSR count). The van der Waals surface area contributed by atoms with Gasteiger partial charge in [-0.05, 0) is 41.3 Å². The maximum Gasteiger partial charge on any atom is 0.323 e. The SMILES string of the molecule is N#CC1COc2cc(NC(=O)Nc3ccc4cc[nH]c4c3)ccc2N1Cc1ccccc1. The van der Waals surface area contributed by atoms with Crippen molar-refractivity contribution in [3.8, 4) is 11.8 Å². The van der Waals surface area contributed by atoms with Gasteiger partial charge >= 0.3 is 6.03 Å². The van der Waals surface area contributed by atoms with Crippen LogP contribution in [0.5, 0.6) is 5.75 Å². The molecular formula is C25H21N5O2. The maximum absolute atomic E-state index is 12.5. The second kappa shape index (κ2) is 8.36. The number of benzene rings is 3. The smallest absolute Gasteiger partial charge is 0.323 e. The van der Waals surface area contributed by atoms with Crippen LogP contribution in [0.25, 0.3) is 10.9 Å². The van der Waals surface area contributed by atoms with Gasteiger partial charge in [-0.25, -0.2) is 4.79 Å². The zero-order valence-corrected chi connectivity index (χ0v) is 17.2. The minimum atomic E-state index is -0.382. The molecule has 3 aromatic carbocycles. The monoisotopic (exact) mass is 423 g/mol. The molecule has 0 bridgehead atoms. The van der Waals surface area contributed by atoms with Crippen molar-refractivity contribution in [3.05, 3.63) is 84.6 Å². The van der Waals surface area contributed by atoms with Crippen molar-refractivity contribution >= 4 is 34.0 Å². The van der Waals surface area contributed by atoms with Crippen molar-refractivity contribution in [3.63, 3.8) is 0 Å². The molecule has 1 aliphatic heterocycles. The van der Waals surface area contributed by atoms with E-state index in [0.29, 0.717) is 23.7 Å². The molecule has 158 valence electrons. The summed E-state index contributed by atoms with van der Waals surface area (Å²) in [6.07, 6.45) is 1.86. The zero-order chi connectivity index (χ0) is 21.9. The Hall–Kier alpha value is -4.44. The number of fused-ring (bicyclic) bond motifs is 2. The molecule has 0 radical (unpaired) electrons. The normalized spacial score (nSPS) is 14.8. The lowest BCUT2D eigenvalue weighted by Gasteiger charge is -2.35. The average molecular weight is 423 g/mol. The largest absolute Gasteiger partial charge is 0.488 e. The Labute approximate surface area is 185 Å². The van der Waals surface area contributed by atoms with E-state index < -0.39 is 0 Å². The molecule has 0 saturated carbocycles. The Morgan fingerprint density at radius 2 is 1.84 bits per heavy atom. The molecule has 32 heavy (non-hydrogen) atoms. The number of rotatable bonds is 4. The van der Waals surface area contributed by atoms with Gasteiger partial charge in [-0.3, -0.25) is 0 Å². The summed E-state index contributed by atoms with van der Waals surface area (Å²) in [7, 11) is 0. The van der Waals surface area contributed by atoms with Gasteiger partial charge in [0.05, 0.1) is 11.8 Å². The van der Waals surface area contributed by atoms with Crippen molar-refractivity contribution in [2.24, 2.45) is 0 Å². The Balaban J connectivity index is 1.32. The van der Waals surface area contributed by atoms with E-state index in [1.54, 1.807) is 6.07 Å². The van der Waals surface area contributed by atoms with Crippen molar-refractivity contribution in [2.45, 2.75) is 12.6 Å². The van der Waals surface area contributed by atoms with E-state index in [1.165, 1.54) is 0 Å². The summed E-state index contributed by atoms with van der Waals surface area (Å²) in [4.78, 5) is 17.7. The summed E-state index contributed by atoms with van der Waals surface area (Å²) in [6.45, 7) is 0.867. The number of amides is 2. The lowest BCUT2D eigenvalue weighted by atomic mass is 10.1. The summed E-state index contributed by atoms with van der Waals surface area (Å²) in [5.41, 5.74) is 4.20. The van der Waals surface area contributed by atoms with Crippen LogP contribution >= 0.6 is 0 Å². The van der Waals surface area contributed by atoms with E-state index in [0.717, 1.165) is 22.2 Å². The van der Waals surface area contributed by atoms with Gasteiger partial charge in [0.2, 0.25) is 0 Å². The number of nitriles is 1.